The quantitative estimate of drug-likeness (QED) is 0.802. The minimum atomic E-state index is -0.982. The molecule has 0 saturated carbocycles. The van der Waals surface area contributed by atoms with E-state index in [1.165, 1.54) is 0 Å². The van der Waals surface area contributed by atoms with Crippen LogP contribution in [0.25, 0.3) is 0 Å². The molecule has 2 N–H and O–H groups in total. The molecule has 0 aliphatic carbocycles. The van der Waals surface area contributed by atoms with Gasteiger partial charge in [-0.25, -0.2) is 4.79 Å². The number of aliphatic hydroxyl groups is 1. The molecule has 0 aliphatic heterocycles. The molecule has 0 radical (unpaired) electrons. The fourth-order valence-corrected chi connectivity index (χ4v) is 1.32. The van der Waals surface area contributed by atoms with Gasteiger partial charge in [-0.15, -0.1) is 0 Å². The van der Waals surface area contributed by atoms with E-state index in [4.69, 9.17) is 9.84 Å². The molecular formula is C12H16O4. The maximum atomic E-state index is 10.8. The van der Waals surface area contributed by atoms with Crippen molar-refractivity contribution >= 4 is 5.97 Å². The first-order valence-corrected chi connectivity index (χ1v) is 5.22. The van der Waals surface area contributed by atoms with E-state index in [1.54, 1.807) is 38.1 Å². The number of aliphatic carboxylic acids is 1. The largest absolute Gasteiger partial charge is 0.479 e. The summed E-state index contributed by atoms with van der Waals surface area (Å²) in [4.78, 5) is 10.8. The molecule has 4 heteroatoms. The highest BCUT2D eigenvalue weighted by atomic mass is 16.5. The Morgan fingerprint density at radius 3 is 2.69 bits per heavy atom. The van der Waals surface area contributed by atoms with Crippen LogP contribution in [-0.2, 0) is 4.79 Å². The zero-order valence-electron chi connectivity index (χ0n) is 9.38. The van der Waals surface area contributed by atoms with Crippen LogP contribution in [0.4, 0.5) is 0 Å². The molecule has 0 bridgehead atoms. The molecule has 88 valence electrons. The molecule has 0 aliphatic rings. The van der Waals surface area contributed by atoms with Gasteiger partial charge in [-0.05, 0) is 31.0 Å². The maximum Gasteiger partial charge on any atom is 0.344 e. The second-order valence-corrected chi connectivity index (χ2v) is 3.60. The lowest BCUT2D eigenvalue weighted by Gasteiger charge is -2.14. The number of hydrogen-bond donors (Lipinski definition) is 2. The number of carbonyl (C=O) groups is 1. The lowest BCUT2D eigenvalue weighted by Crippen LogP contribution is -2.25. The molecule has 1 rings (SSSR count). The van der Waals surface area contributed by atoms with Crippen LogP contribution < -0.4 is 4.74 Å². The van der Waals surface area contributed by atoms with Crippen molar-refractivity contribution < 1.29 is 19.7 Å². The summed E-state index contributed by atoms with van der Waals surface area (Å²) in [6, 6.07) is 6.82. The van der Waals surface area contributed by atoms with E-state index in [0.29, 0.717) is 17.7 Å². The van der Waals surface area contributed by atoms with E-state index in [2.05, 4.69) is 0 Å². The predicted molar refractivity (Wildman–Crippen MR) is 59.4 cm³/mol. The fourth-order valence-electron chi connectivity index (χ4n) is 1.32. The Hall–Kier alpha value is -1.55. The molecule has 1 aromatic rings. The average molecular weight is 224 g/mol. The van der Waals surface area contributed by atoms with Crippen molar-refractivity contribution in [3.05, 3.63) is 29.8 Å². The third kappa shape index (κ3) is 3.24. The minimum absolute atomic E-state index is 0.397. The van der Waals surface area contributed by atoms with Crippen LogP contribution in [0.3, 0.4) is 0 Å². The maximum absolute atomic E-state index is 10.8. The molecular weight excluding hydrogens is 208 g/mol. The van der Waals surface area contributed by atoms with Gasteiger partial charge in [0, 0.05) is 0 Å². The second-order valence-electron chi connectivity index (χ2n) is 3.60. The highest BCUT2D eigenvalue weighted by molar-refractivity contribution is 5.72. The van der Waals surface area contributed by atoms with E-state index in [-0.39, 0.29) is 0 Å². The summed E-state index contributed by atoms with van der Waals surface area (Å²) in [6.45, 7) is 3.39. The van der Waals surface area contributed by atoms with Crippen molar-refractivity contribution in [2.45, 2.75) is 32.5 Å². The Kier molecular flexibility index (Phi) is 4.31. The summed E-state index contributed by atoms with van der Waals surface area (Å²) >= 11 is 0. The van der Waals surface area contributed by atoms with Crippen LogP contribution in [0.15, 0.2) is 24.3 Å². The summed E-state index contributed by atoms with van der Waals surface area (Å²) < 4.78 is 5.31. The average Bonchev–Trinajstić information content (AvgIpc) is 2.25. The lowest BCUT2D eigenvalue weighted by atomic mass is 10.1. The molecule has 2 unspecified atom stereocenters. The number of rotatable bonds is 5. The van der Waals surface area contributed by atoms with Gasteiger partial charge in [-0.3, -0.25) is 0 Å². The van der Waals surface area contributed by atoms with Crippen LogP contribution in [0.2, 0.25) is 0 Å². The second kappa shape index (κ2) is 5.51. The van der Waals surface area contributed by atoms with E-state index in [0.717, 1.165) is 0 Å². The van der Waals surface area contributed by atoms with Gasteiger partial charge in [-0.1, -0.05) is 19.1 Å². The molecule has 0 fully saturated rings. The topological polar surface area (TPSA) is 66.8 Å². The van der Waals surface area contributed by atoms with Crippen molar-refractivity contribution in [1.82, 2.24) is 0 Å². The summed E-state index contributed by atoms with van der Waals surface area (Å²) in [5, 5.41) is 18.2. The summed E-state index contributed by atoms with van der Waals surface area (Å²) in [7, 11) is 0. The third-order valence-corrected chi connectivity index (χ3v) is 2.27. The molecule has 0 amide bonds. The van der Waals surface area contributed by atoms with Gasteiger partial charge < -0.3 is 14.9 Å². The summed E-state index contributed by atoms with van der Waals surface area (Å²) in [5.74, 6) is -0.516. The summed E-state index contributed by atoms with van der Waals surface area (Å²) in [5.41, 5.74) is 0.706. The van der Waals surface area contributed by atoms with Crippen LogP contribution in [-0.4, -0.2) is 22.3 Å². The number of hydrogen-bond acceptors (Lipinski definition) is 3. The normalized spacial score (nSPS) is 14.2. The van der Waals surface area contributed by atoms with Crippen LogP contribution in [0.5, 0.6) is 5.75 Å². The zero-order chi connectivity index (χ0) is 12.1. The van der Waals surface area contributed by atoms with Crippen molar-refractivity contribution in [1.29, 1.82) is 0 Å². The molecule has 4 nitrogen and oxygen atoms in total. The first-order valence-electron chi connectivity index (χ1n) is 5.22. The smallest absolute Gasteiger partial charge is 0.344 e. The van der Waals surface area contributed by atoms with E-state index < -0.39 is 18.2 Å². The van der Waals surface area contributed by atoms with Gasteiger partial charge in [0.2, 0.25) is 0 Å². The van der Waals surface area contributed by atoms with E-state index in [1.807, 2.05) is 0 Å². The Morgan fingerprint density at radius 1 is 1.50 bits per heavy atom. The van der Waals surface area contributed by atoms with Crippen molar-refractivity contribution in [3.8, 4) is 5.75 Å². The Morgan fingerprint density at radius 2 is 2.19 bits per heavy atom. The van der Waals surface area contributed by atoms with Gasteiger partial charge in [-0.2, -0.15) is 0 Å². The zero-order valence-corrected chi connectivity index (χ0v) is 9.38. The predicted octanol–water partition coefficient (Wildman–Crippen LogP) is 1.98. The molecule has 0 aromatic heterocycles. The Labute approximate surface area is 94.5 Å². The highest BCUT2D eigenvalue weighted by Gasteiger charge is 2.16. The van der Waals surface area contributed by atoms with Gasteiger partial charge in [0.15, 0.2) is 6.10 Å². The number of carboxylic acids is 1. The number of aliphatic hydroxyl groups excluding tert-OH is 1. The van der Waals surface area contributed by atoms with Gasteiger partial charge in [0.25, 0.3) is 0 Å². The van der Waals surface area contributed by atoms with Crippen molar-refractivity contribution in [3.63, 3.8) is 0 Å². The van der Waals surface area contributed by atoms with Crippen LogP contribution in [0, 0.1) is 0 Å². The minimum Gasteiger partial charge on any atom is -0.479 e. The standard InChI is InChI=1S/C12H16O4/c1-3-11(12(14)15)16-10-6-4-5-9(7-10)8(2)13/h4-8,11,13H,3H2,1-2H3,(H,14,15). The monoisotopic (exact) mass is 224 g/mol. The Balaban J connectivity index is 2.80. The summed E-state index contributed by atoms with van der Waals surface area (Å²) in [6.07, 6.45) is -1.04. The SMILES string of the molecule is CCC(Oc1cccc(C(C)O)c1)C(=O)O. The van der Waals surface area contributed by atoms with Crippen LogP contribution in [0.1, 0.15) is 31.9 Å². The van der Waals surface area contributed by atoms with E-state index >= 15 is 0 Å². The third-order valence-electron chi connectivity index (χ3n) is 2.27. The van der Waals surface area contributed by atoms with Crippen molar-refractivity contribution in [2.75, 3.05) is 0 Å². The lowest BCUT2D eigenvalue weighted by molar-refractivity contribution is -0.145. The molecule has 2 atom stereocenters. The first-order chi connectivity index (χ1) is 7.54. The molecule has 0 spiro atoms. The molecule has 1 aromatic carbocycles. The number of benzene rings is 1. The first kappa shape index (κ1) is 12.5. The van der Waals surface area contributed by atoms with Crippen LogP contribution >= 0.6 is 0 Å². The van der Waals surface area contributed by atoms with E-state index in [9.17, 15) is 9.90 Å². The molecule has 0 saturated heterocycles. The van der Waals surface area contributed by atoms with Gasteiger partial charge in [0.1, 0.15) is 5.75 Å². The number of carboxylic acid groups (broad SMARTS) is 1. The van der Waals surface area contributed by atoms with Crippen molar-refractivity contribution in [2.24, 2.45) is 0 Å². The number of ether oxygens (including phenoxy) is 1. The molecule has 16 heavy (non-hydrogen) atoms. The molecule has 0 heterocycles. The Bertz CT molecular complexity index is 360. The van der Waals surface area contributed by atoms with Gasteiger partial charge >= 0.3 is 5.97 Å². The fraction of sp³-hybridized carbons (Fsp3) is 0.417. The highest BCUT2D eigenvalue weighted by Crippen LogP contribution is 2.20. The van der Waals surface area contributed by atoms with Gasteiger partial charge in [0.05, 0.1) is 6.10 Å².